The van der Waals surface area contributed by atoms with E-state index in [-0.39, 0.29) is 18.5 Å². The molecule has 0 spiro atoms. The summed E-state index contributed by atoms with van der Waals surface area (Å²) in [5.74, 6) is -0.0802. The number of nitriles is 1. The predicted molar refractivity (Wildman–Crippen MR) is 68.9 cm³/mol. The molecule has 1 atom stereocenters. The number of piperazine rings is 1. The molecule has 1 fully saturated rings. The fourth-order valence-electron chi connectivity index (χ4n) is 1.97. The molecule has 0 bridgehead atoms. The fourth-order valence-corrected chi connectivity index (χ4v) is 1.97. The maximum absolute atomic E-state index is 11.9. The van der Waals surface area contributed by atoms with Gasteiger partial charge in [0.2, 0.25) is 5.91 Å². The van der Waals surface area contributed by atoms with Gasteiger partial charge in [-0.2, -0.15) is 5.26 Å². The Labute approximate surface area is 106 Å². The van der Waals surface area contributed by atoms with E-state index in [0.29, 0.717) is 6.54 Å². The molecular weight excluding hydrogens is 228 g/mol. The van der Waals surface area contributed by atoms with Crippen molar-refractivity contribution in [1.82, 2.24) is 10.2 Å². The third kappa shape index (κ3) is 3.29. The number of hydrogen-bond acceptors (Lipinski definition) is 4. The van der Waals surface area contributed by atoms with Gasteiger partial charge in [0.1, 0.15) is 6.04 Å². The van der Waals surface area contributed by atoms with Crippen LogP contribution in [0.2, 0.25) is 0 Å². The summed E-state index contributed by atoms with van der Waals surface area (Å²) in [6.07, 6.45) is 0. The van der Waals surface area contributed by atoms with E-state index in [1.165, 1.54) is 0 Å². The molecule has 1 aromatic rings. The molecule has 0 radical (unpaired) electrons. The average Bonchev–Trinajstić information content (AvgIpc) is 2.40. The molecule has 0 saturated carbocycles. The van der Waals surface area contributed by atoms with Gasteiger partial charge in [-0.15, -0.1) is 0 Å². The van der Waals surface area contributed by atoms with Crippen molar-refractivity contribution < 1.29 is 4.79 Å². The number of carbonyl (C=O) groups is 1. The van der Waals surface area contributed by atoms with Gasteiger partial charge in [0.05, 0.1) is 12.6 Å². The van der Waals surface area contributed by atoms with Gasteiger partial charge in [-0.25, -0.2) is 0 Å². The van der Waals surface area contributed by atoms with Gasteiger partial charge in [-0.3, -0.25) is 9.69 Å². The zero-order chi connectivity index (χ0) is 12.8. The van der Waals surface area contributed by atoms with E-state index in [0.717, 1.165) is 18.8 Å². The van der Waals surface area contributed by atoms with Crippen LogP contribution in [-0.4, -0.2) is 43.0 Å². The molecule has 2 rings (SSSR count). The minimum absolute atomic E-state index is 0.0802. The van der Waals surface area contributed by atoms with E-state index in [1.54, 1.807) is 0 Å². The van der Waals surface area contributed by atoms with Gasteiger partial charge < -0.3 is 10.6 Å². The summed E-state index contributed by atoms with van der Waals surface area (Å²) in [5.41, 5.74) is 0.783. The molecule has 1 saturated heterocycles. The quantitative estimate of drug-likeness (QED) is 0.808. The Morgan fingerprint density at radius 3 is 3.00 bits per heavy atom. The van der Waals surface area contributed by atoms with Crippen molar-refractivity contribution >= 4 is 11.6 Å². The molecule has 0 aromatic heterocycles. The third-order valence-electron chi connectivity index (χ3n) is 2.91. The van der Waals surface area contributed by atoms with Crippen LogP contribution in [0.1, 0.15) is 0 Å². The lowest BCUT2D eigenvalue weighted by atomic mass is 10.2. The number of rotatable bonds is 3. The molecule has 5 heteroatoms. The highest BCUT2D eigenvalue weighted by atomic mass is 16.2. The van der Waals surface area contributed by atoms with Crippen LogP contribution in [0.3, 0.4) is 0 Å². The lowest BCUT2D eigenvalue weighted by Gasteiger charge is -2.31. The number of hydrogen-bond donors (Lipinski definition) is 2. The van der Waals surface area contributed by atoms with Crippen molar-refractivity contribution in [1.29, 1.82) is 5.26 Å². The minimum atomic E-state index is -0.222. The van der Waals surface area contributed by atoms with Crippen molar-refractivity contribution in [3.63, 3.8) is 0 Å². The zero-order valence-electron chi connectivity index (χ0n) is 10.1. The normalized spacial score (nSPS) is 20.1. The van der Waals surface area contributed by atoms with Gasteiger partial charge in [0.25, 0.3) is 0 Å². The Balaban J connectivity index is 1.89. The standard InChI is InChI=1S/C13H16N4O/c14-8-12-9-15-6-7-17(12)10-13(18)16-11-4-2-1-3-5-11/h1-5,12,15H,6-7,9-10H2,(H,16,18). The minimum Gasteiger partial charge on any atom is -0.325 e. The number of nitrogens with one attached hydrogen (secondary N) is 2. The average molecular weight is 244 g/mol. The SMILES string of the molecule is N#CC1CNCCN1CC(=O)Nc1ccccc1. The van der Waals surface area contributed by atoms with Crippen LogP contribution in [0.5, 0.6) is 0 Å². The lowest BCUT2D eigenvalue weighted by molar-refractivity contribution is -0.117. The Bertz CT molecular complexity index is 440. The molecular formula is C13H16N4O. The van der Waals surface area contributed by atoms with E-state index in [2.05, 4.69) is 16.7 Å². The number of para-hydroxylation sites is 1. The number of nitrogens with zero attached hydrogens (tertiary/aromatic N) is 2. The van der Waals surface area contributed by atoms with Gasteiger partial charge in [0, 0.05) is 25.3 Å². The molecule has 18 heavy (non-hydrogen) atoms. The van der Waals surface area contributed by atoms with Gasteiger partial charge in [-0.1, -0.05) is 18.2 Å². The molecule has 1 unspecified atom stereocenters. The predicted octanol–water partition coefficient (Wildman–Crippen LogP) is 0.422. The molecule has 1 aliphatic heterocycles. The molecule has 1 aliphatic rings. The molecule has 1 amide bonds. The molecule has 1 aromatic carbocycles. The van der Waals surface area contributed by atoms with Crippen LogP contribution in [0.15, 0.2) is 30.3 Å². The second kappa shape index (κ2) is 6.15. The van der Waals surface area contributed by atoms with Crippen molar-refractivity contribution in [2.75, 3.05) is 31.5 Å². The number of amides is 1. The second-order valence-corrected chi connectivity index (χ2v) is 4.23. The van der Waals surface area contributed by atoms with E-state index >= 15 is 0 Å². The largest absolute Gasteiger partial charge is 0.325 e. The summed E-state index contributed by atoms with van der Waals surface area (Å²) in [6, 6.07) is 11.3. The van der Waals surface area contributed by atoms with E-state index in [9.17, 15) is 4.79 Å². The Morgan fingerprint density at radius 1 is 1.50 bits per heavy atom. The van der Waals surface area contributed by atoms with Crippen LogP contribution in [0.4, 0.5) is 5.69 Å². The van der Waals surface area contributed by atoms with Crippen molar-refractivity contribution in [3.05, 3.63) is 30.3 Å². The first-order valence-electron chi connectivity index (χ1n) is 5.99. The highest BCUT2D eigenvalue weighted by molar-refractivity contribution is 5.92. The summed E-state index contributed by atoms with van der Waals surface area (Å²) in [7, 11) is 0. The highest BCUT2D eigenvalue weighted by Gasteiger charge is 2.23. The Kier molecular flexibility index (Phi) is 4.29. The van der Waals surface area contributed by atoms with E-state index < -0.39 is 0 Å². The van der Waals surface area contributed by atoms with Crippen LogP contribution in [-0.2, 0) is 4.79 Å². The summed E-state index contributed by atoms with van der Waals surface area (Å²) in [5, 5.41) is 15.0. The lowest BCUT2D eigenvalue weighted by Crippen LogP contribution is -2.52. The summed E-state index contributed by atoms with van der Waals surface area (Å²) in [4.78, 5) is 13.8. The Morgan fingerprint density at radius 2 is 2.28 bits per heavy atom. The van der Waals surface area contributed by atoms with Crippen LogP contribution in [0.25, 0.3) is 0 Å². The molecule has 0 aliphatic carbocycles. The summed E-state index contributed by atoms with van der Waals surface area (Å²) < 4.78 is 0. The van der Waals surface area contributed by atoms with Crippen molar-refractivity contribution in [2.45, 2.75) is 6.04 Å². The Hall–Kier alpha value is -1.90. The highest BCUT2D eigenvalue weighted by Crippen LogP contribution is 2.06. The first kappa shape index (κ1) is 12.6. The third-order valence-corrected chi connectivity index (χ3v) is 2.91. The van der Waals surface area contributed by atoms with Gasteiger partial charge in [0.15, 0.2) is 0 Å². The van der Waals surface area contributed by atoms with E-state index in [1.807, 2.05) is 35.2 Å². The smallest absolute Gasteiger partial charge is 0.238 e. The van der Waals surface area contributed by atoms with Crippen LogP contribution in [0, 0.1) is 11.3 Å². The van der Waals surface area contributed by atoms with Crippen molar-refractivity contribution in [2.24, 2.45) is 0 Å². The maximum Gasteiger partial charge on any atom is 0.238 e. The monoisotopic (exact) mass is 244 g/mol. The number of carbonyl (C=O) groups excluding carboxylic acids is 1. The molecule has 2 N–H and O–H groups in total. The van der Waals surface area contributed by atoms with Crippen LogP contribution >= 0.6 is 0 Å². The topological polar surface area (TPSA) is 68.2 Å². The van der Waals surface area contributed by atoms with E-state index in [4.69, 9.17) is 5.26 Å². The molecule has 94 valence electrons. The second-order valence-electron chi connectivity index (χ2n) is 4.23. The maximum atomic E-state index is 11.9. The zero-order valence-corrected chi connectivity index (χ0v) is 10.1. The summed E-state index contributed by atoms with van der Waals surface area (Å²) in [6.45, 7) is 2.42. The fraction of sp³-hybridized carbons (Fsp3) is 0.385. The number of benzene rings is 1. The summed E-state index contributed by atoms with van der Waals surface area (Å²) >= 11 is 0. The molecule has 1 heterocycles. The van der Waals surface area contributed by atoms with Crippen molar-refractivity contribution in [3.8, 4) is 6.07 Å². The first-order chi connectivity index (χ1) is 8.79. The van der Waals surface area contributed by atoms with Gasteiger partial charge in [-0.05, 0) is 12.1 Å². The van der Waals surface area contributed by atoms with Gasteiger partial charge >= 0.3 is 0 Å². The van der Waals surface area contributed by atoms with Crippen LogP contribution < -0.4 is 10.6 Å². The first-order valence-corrected chi connectivity index (χ1v) is 5.99. The molecule has 5 nitrogen and oxygen atoms in total. The number of anilines is 1.